The molecule has 2 atom stereocenters. The van der Waals surface area contributed by atoms with Crippen LogP contribution in [-0.4, -0.2) is 54.8 Å². The van der Waals surface area contributed by atoms with Crippen molar-refractivity contribution in [1.29, 1.82) is 0 Å². The number of thiazole rings is 1. The quantitative estimate of drug-likeness (QED) is 0.836. The third kappa shape index (κ3) is 4.52. The number of morpholine rings is 1. The maximum Gasteiger partial charge on any atom is 0.0944 e. The van der Waals surface area contributed by atoms with Gasteiger partial charge in [0.2, 0.25) is 0 Å². The van der Waals surface area contributed by atoms with Gasteiger partial charge in [0.25, 0.3) is 0 Å². The molecule has 2 heterocycles. The van der Waals surface area contributed by atoms with Crippen LogP contribution in [0.5, 0.6) is 0 Å². The predicted octanol–water partition coefficient (Wildman–Crippen LogP) is 2.08. The Morgan fingerprint density at radius 1 is 1.55 bits per heavy atom. The highest BCUT2D eigenvalue weighted by Gasteiger charge is 2.28. The van der Waals surface area contributed by atoms with Crippen molar-refractivity contribution in [2.75, 3.05) is 32.8 Å². The van der Waals surface area contributed by atoms with Crippen molar-refractivity contribution in [2.45, 2.75) is 45.8 Å². The Balaban J connectivity index is 1.98. The molecule has 0 spiro atoms. The summed E-state index contributed by atoms with van der Waals surface area (Å²) >= 11 is 1.76. The van der Waals surface area contributed by atoms with Gasteiger partial charge in [-0.05, 0) is 26.4 Å². The van der Waals surface area contributed by atoms with Crippen molar-refractivity contribution < 1.29 is 4.74 Å². The Kier molecular flexibility index (Phi) is 6.42. The summed E-state index contributed by atoms with van der Waals surface area (Å²) in [5.74, 6) is 0. The van der Waals surface area contributed by atoms with Crippen LogP contribution in [0.15, 0.2) is 5.38 Å². The Morgan fingerprint density at radius 2 is 2.40 bits per heavy atom. The van der Waals surface area contributed by atoms with Crippen molar-refractivity contribution in [2.24, 2.45) is 0 Å². The summed E-state index contributed by atoms with van der Waals surface area (Å²) in [5.41, 5.74) is 1.12. The summed E-state index contributed by atoms with van der Waals surface area (Å²) in [7, 11) is 0. The van der Waals surface area contributed by atoms with Gasteiger partial charge in [0.15, 0.2) is 0 Å². The Hall–Kier alpha value is -0.490. The molecule has 20 heavy (non-hydrogen) atoms. The maximum absolute atomic E-state index is 6.02. The molecule has 0 saturated carbocycles. The number of hydrogen-bond donors (Lipinski definition) is 1. The van der Waals surface area contributed by atoms with Crippen LogP contribution in [0.4, 0.5) is 0 Å². The van der Waals surface area contributed by atoms with Crippen molar-refractivity contribution in [1.82, 2.24) is 15.2 Å². The van der Waals surface area contributed by atoms with E-state index < -0.39 is 0 Å². The summed E-state index contributed by atoms with van der Waals surface area (Å²) in [4.78, 5) is 7.08. The Morgan fingerprint density at radius 3 is 3.05 bits per heavy atom. The number of rotatable bonds is 7. The van der Waals surface area contributed by atoms with E-state index in [2.05, 4.69) is 41.4 Å². The summed E-state index contributed by atoms with van der Waals surface area (Å²) in [6.07, 6.45) is 2.40. The lowest BCUT2D eigenvalue weighted by atomic mass is 10.1. The average Bonchev–Trinajstić information content (AvgIpc) is 2.88. The number of nitrogens with zero attached hydrogens (tertiary/aromatic N) is 2. The molecule has 1 aliphatic rings. The van der Waals surface area contributed by atoms with Crippen LogP contribution in [0.2, 0.25) is 0 Å². The minimum atomic E-state index is 0.277. The normalized spacial score (nSPS) is 22.1. The molecule has 1 saturated heterocycles. The van der Waals surface area contributed by atoms with Crippen LogP contribution in [0, 0.1) is 6.92 Å². The van der Waals surface area contributed by atoms with Crippen molar-refractivity contribution in [3.63, 3.8) is 0 Å². The van der Waals surface area contributed by atoms with E-state index in [9.17, 15) is 0 Å². The van der Waals surface area contributed by atoms with Crippen LogP contribution in [0.1, 0.15) is 31.0 Å². The molecule has 2 unspecified atom stereocenters. The van der Waals surface area contributed by atoms with Crippen LogP contribution >= 0.6 is 11.3 Å². The van der Waals surface area contributed by atoms with Gasteiger partial charge >= 0.3 is 0 Å². The van der Waals surface area contributed by atoms with Gasteiger partial charge in [0.1, 0.15) is 0 Å². The molecule has 5 heteroatoms. The number of nitrogens with one attached hydrogen (secondary N) is 1. The van der Waals surface area contributed by atoms with Crippen LogP contribution < -0.4 is 5.32 Å². The molecular formula is C15H27N3OS. The molecule has 1 aromatic heterocycles. The zero-order valence-corrected chi connectivity index (χ0v) is 13.7. The van der Waals surface area contributed by atoms with Crippen molar-refractivity contribution >= 4 is 11.3 Å². The van der Waals surface area contributed by atoms with Gasteiger partial charge in [-0.3, -0.25) is 4.90 Å². The fourth-order valence-corrected chi connectivity index (χ4v) is 3.44. The lowest BCUT2D eigenvalue weighted by Crippen LogP contribution is -2.53. The molecule has 0 aromatic carbocycles. The zero-order valence-electron chi connectivity index (χ0n) is 12.9. The molecular weight excluding hydrogens is 270 g/mol. The largest absolute Gasteiger partial charge is 0.374 e. The van der Waals surface area contributed by atoms with Gasteiger partial charge in [-0.1, -0.05) is 13.8 Å². The highest BCUT2D eigenvalue weighted by atomic mass is 32.1. The van der Waals surface area contributed by atoms with Gasteiger partial charge in [0.05, 0.1) is 17.7 Å². The summed E-state index contributed by atoms with van der Waals surface area (Å²) in [6, 6.07) is 0.370. The number of aromatic nitrogens is 1. The van der Waals surface area contributed by atoms with E-state index in [1.54, 1.807) is 11.3 Å². The third-order valence-corrected chi connectivity index (χ3v) is 4.78. The molecule has 2 rings (SSSR count). The third-order valence-electron chi connectivity index (χ3n) is 3.79. The van der Waals surface area contributed by atoms with Gasteiger partial charge < -0.3 is 10.1 Å². The minimum Gasteiger partial charge on any atom is -0.374 e. The van der Waals surface area contributed by atoms with E-state index in [1.165, 1.54) is 5.01 Å². The summed E-state index contributed by atoms with van der Waals surface area (Å²) in [6.45, 7) is 11.6. The second-order valence-electron chi connectivity index (χ2n) is 5.45. The molecule has 1 aromatic rings. The van der Waals surface area contributed by atoms with Crippen molar-refractivity contribution in [3.05, 3.63) is 16.1 Å². The lowest BCUT2D eigenvalue weighted by molar-refractivity contribution is -0.0447. The smallest absolute Gasteiger partial charge is 0.0944 e. The topological polar surface area (TPSA) is 37.4 Å². The molecule has 0 aliphatic carbocycles. The van der Waals surface area contributed by atoms with Gasteiger partial charge in [-0.25, -0.2) is 4.98 Å². The highest BCUT2D eigenvalue weighted by molar-refractivity contribution is 7.09. The first kappa shape index (κ1) is 15.9. The molecule has 0 radical (unpaired) electrons. The average molecular weight is 297 g/mol. The Labute approximate surface area is 126 Å². The number of likely N-dealkylation sites (N-methyl/N-ethyl adjacent to an activating group) is 1. The molecule has 1 aliphatic heterocycles. The summed E-state index contributed by atoms with van der Waals surface area (Å²) < 4.78 is 6.02. The molecule has 0 amide bonds. The molecule has 1 N–H and O–H groups in total. The van der Waals surface area contributed by atoms with E-state index in [-0.39, 0.29) is 6.10 Å². The van der Waals surface area contributed by atoms with E-state index in [0.717, 1.165) is 51.3 Å². The van der Waals surface area contributed by atoms with Crippen molar-refractivity contribution in [3.8, 4) is 0 Å². The number of aryl methyl sites for hydroxylation is 1. The second kappa shape index (κ2) is 8.08. The standard InChI is InChI=1S/C15H27N3OS/c1-4-6-16-13(9-15-17-12(3)11-20-15)14-10-18(5-2)7-8-19-14/h11,13-14,16H,4-10H2,1-3H3. The van der Waals surface area contributed by atoms with Crippen LogP contribution in [0.25, 0.3) is 0 Å². The first-order chi connectivity index (χ1) is 9.72. The Bertz CT molecular complexity index is 396. The van der Waals surface area contributed by atoms with E-state index >= 15 is 0 Å². The SMILES string of the molecule is CCCNC(Cc1nc(C)cs1)C1CN(CC)CCO1. The molecule has 1 fully saturated rings. The molecule has 0 bridgehead atoms. The first-order valence-corrected chi connectivity index (χ1v) is 8.59. The molecule has 4 nitrogen and oxygen atoms in total. The lowest BCUT2D eigenvalue weighted by Gasteiger charge is -2.36. The number of ether oxygens (including phenoxy) is 1. The van der Waals surface area contributed by atoms with E-state index in [4.69, 9.17) is 4.74 Å². The first-order valence-electron chi connectivity index (χ1n) is 7.71. The van der Waals surface area contributed by atoms with Crippen LogP contribution in [0.3, 0.4) is 0 Å². The van der Waals surface area contributed by atoms with E-state index in [0.29, 0.717) is 6.04 Å². The highest BCUT2D eigenvalue weighted by Crippen LogP contribution is 2.16. The summed E-state index contributed by atoms with van der Waals surface area (Å²) in [5, 5.41) is 7.00. The van der Waals surface area contributed by atoms with Gasteiger partial charge in [-0.2, -0.15) is 0 Å². The monoisotopic (exact) mass is 297 g/mol. The zero-order chi connectivity index (χ0) is 14.4. The van der Waals surface area contributed by atoms with Gasteiger partial charge in [-0.15, -0.1) is 11.3 Å². The maximum atomic E-state index is 6.02. The minimum absolute atomic E-state index is 0.277. The van der Waals surface area contributed by atoms with Crippen LogP contribution in [-0.2, 0) is 11.2 Å². The van der Waals surface area contributed by atoms with E-state index in [1.807, 2.05) is 0 Å². The fraction of sp³-hybridized carbons (Fsp3) is 0.800. The molecule has 114 valence electrons. The fourth-order valence-electron chi connectivity index (χ4n) is 2.61. The predicted molar refractivity (Wildman–Crippen MR) is 84.5 cm³/mol. The van der Waals surface area contributed by atoms with Gasteiger partial charge in [0, 0.05) is 36.6 Å². The second-order valence-corrected chi connectivity index (χ2v) is 6.39. The number of hydrogen-bond acceptors (Lipinski definition) is 5.